The number of amides is 1. The predicted octanol–water partition coefficient (Wildman–Crippen LogP) is 5.83. The number of hydrogen-bond donors (Lipinski definition) is 1. The lowest BCUT2D eigenvalue weighted by molar-refractivity contribution is -0.126. The molecule has 4 heteroatoms. The summed E-state index contributed by atoms with van der Waals surface area (Å²) in [4.78, 5) is 15.3. The van der Waals surface area contributed by atoms with Gasteiger partial charge in [-0.05, 0) is 74.0 Å². The summed E-state index contributed by atoms with van der Waals surface area (Å²) in [6.45, 7) is 8.58. The standard InChI is InChI=1S/C31H35N3O/c1-23-11-13-25(14-12-23)20-32-31(35)26-15-17-33(18-16-26)22-29-19-27-8-5-6-10-30(27)34(29)21-28-9-4-3-7-24(28)2/h3-14,19,26H,15-18,20-22H2,1-2H3,(H,32,35). The Balaban J connectivity index is 1.22. The fourth-order valence-electron chi connectivity index (χ4n) is 5.16. The van der Waals surface area contributed by atoms with Gasteiger partial charge < -0.3 is 9.88 Å². The van der Waals surface area contributed by atoms with Crippen LogP contribution in [0.3, 0.4) is 0 Å². The minimum absolute atomic E-state index is 0.106. The Bertz CT molecular complexity index is 1300. The molecule has 1 aliphatic rings. The van der Waals surface area contributed by atoms with Gasteiger partial charge in [-0.2, -0.15) is 0 Å². The molecule has 0 aliphatic carbocycles. The van der Waals surface area contributed by atoms with Crippen molar-refractivity contribution >= 4 is 16.8 Å². The van der Waals surface area contributed by atoms with Crippen molar-refractivity contribution in [2.24, 2.45) is 5.92 Å². The van der Waals surface area contributed by atoms with Crippen molar-refractivity contribution in [2.45, 2.75) is 46.3 Å². The monoisotopic (exact) mass is 465 g/mol. The Morgan fingerprint density at radius 3 is 2.37 bits per heavy atom. The summed E-state index contributed by atoms with van der Waals surface area (Å²) < 4.78 is 2.47. The van der Waals surface area contributed by atoms with Crippen molar-refractivity contribution in [1.29, 1.82) is 0 Å². The van der Waals surface area contributed by atoms with Crippen LogP contribution >= 0.6 is 0 Å². The van der Waals surface area contributed by atoms with Crippen LogP contribution < -0.4 is 5.32 Å². The van der Waals surface area contributed by atoms with Crippen LogP contribution in [-0.2, 0) is 24.4 Å². The minimum atomic E-state index is 0.106. The van der Waals surface area contributed by atoms with Crippen LogP contribution in [0.5, 0.6) is 0 Å². The zero-order valence-electron chi connectivity index (χ0n) is 20.8. The van der Waals surface area contributed by atoms with E-state index in [1.54, 1.807) is 0 Å². The van der Waals surface area contributed by atoms with Crippen molar-refractivity contribution in [3.05, 3.63) is 107 Å². The molecule has 1 N–H and O–H groups in total. The summed E-state index contributed by atoms with van der Waals surface area (Å²) in [5.74, 6) is 0.299. The van der Waals surface area contributed by atoms with E-state index in [4.69, 9.17) is 0 Å². The SMILES string of the molecule is Cc1ccc(CNC(=O)C2CCN(Cc3cc4ccccc4n3Cc3ccccc3C)CC2)cc1. The van der Waals surface area contributed by atoms with Gasteiger partial charge in [0.15, 0.2) is 0 Å². The van der Waals surface area contributed by atoms with Crippen molar-refractivity contribution in [1.82, 2.24) is 14.8 Å². The van der Waals surface area contributed by atoms with E-state index in [2.05, 4.69) is 107 Å². The molecule has 1 aliphatic heterocycles. The highest BCUT2D eigenvalue weighted by molar-refractivity contribution is 5.81. The smallest absolute Gasteiger partial charge is 0.223 e. The largest absolute Gasteiger partial charge is 0.352 e. The van der Waals surface area contributed by atoms with E-state index in [1.165, 1.54) is 33.3 Å². The summed E-state index contributed by atoms with van der Waals surface area (Å²) in [6, 6.07) is 28.0. The van der Waals surface area contributed by atoms with E-state index >= 15 is 0 Å². The zero-order valence-corrected chi connectivity index (χ0v) is 20.8. The van der Waals surface area contributed by atoms with Crippen LogP contribution in [0.2, 0.25) is 0 Å². The summed E-state index contributed by atoms with van der Waals surface area (Å²) in [7, 11) is 0. The van der Waals surface area contributed by atoms with Gasteiger partial charge in [-0.1, -0.05) is 72.3 Å². The number of nitrogens with one attached hydrogen (secondary N) is 1. The lowest BCUT2D eigenvalue weighted by atomic mass is 9.95. The molecule has 3 aromatic carbocycles. The molecule has 5 rings (SSSR count). The van der Waals surface area contributed by atoms with Crippen LogP contribution in [-0.4, -0.2) is 28.5 Å². The molecule has 1 aromatic heterocycles. The van der Waals surface area contributed by atoms with Crippen molar-refractivity contribution in [2.75, 3.05) is 13.1 Å². The van der Waals surface area contributed by atoms with Crippen LogP contribution in [0.4, 0.5) is 0 Å². The third-order valence-electron chi connectivity index (χ3n) is 7.42. The van der Waals surface area contributed by atoms with Crippen LogP contribution in [0.1, 0.15) is 40.8 Å². The Hall–Kier alpha value is -3.37. The first-order valence-electron chi connectivity index (χ1n) is 12.7. The van der Waals surface area contributed by atoms with Gasteiger partial charge >= 0.3 is 0 Å². The van der Waals surface area contributed by atoms with Crippen LogP contribution in [0, 0.1) is 19.8 Å². The van der Waals surface area contributed by atoms with E-state index < -0.39 is 0 Å². The second-order valence-electron chi connectivity index (χ2n) is 9.96. The topological polar surface area (TPSA) is 37.3 Å². The first-order valence-corrected chi connectivity index (χ1v) is 12.7. The van der Waals surface area contributed by atoms with E-state index in [1.807, 2.05) is 0 Å². The number of aryl methyl sites for hydroxylation is 2. The molecule has 4 nitrogen and oxygen atoms in total. The van der Waals surface area contributed by atoms with E-state index in [-0.39, 0.29) is 11.8 Å². The number of rotatable bonds is 7. The molecule has 1 fully saturated rings. The molecule has 0 bridgehead atoms. The highest BCUT2D eigenvalue weighted by atomic mass is 16.1. The fraction of sp³-hybridized carbons (Fsp3) is 0.323. The summed E-state index contributed by atoms with van der Waals surface area (Å²) in [5.41, 5.74) is 7.72. The quantitative estimate of drug-likeness (QED) is 0.373. The number of hydrogen-bond acceptors (Lipinski definition) is 2. The predicted molar refractivity (Wildman–Crippen MR) is 143 cm³/mol. The highest BCUT2D eigenvalue weighted by Crippen LogP contribution is 2.25. The maximum atomic E-state index is 12.8. The number of piperidine rings is 1. The number of carbonyl (C=O) groups is 1. The van der Waals surface area contributed by atoms with Crippen LogP contribution in [0.25, 0.3) is 10.9 Å². The number of nitrogens with zero attached hydrogens (tertiary/aromatic N) is 2. The Morgan fingerprint density at radius 2 is 1.60 bits per heavy atom. The number of benzene rings is 3. The third kappa shape index (κ3) is 5.49. The number of para-hydroxylation sites is 1. The molecular weight excluding hydrogens is 430 g/mol. The Kier molecular flexibility index (Phi) is 7.01. The number of aromatic nitrogens is 1. The maximum absolute atomic E-state index is 12.8. The zero-order chi connectivity index (χ0) is 24.2. The molecule has 0 radical (unpaired) electrons. The van der Waals surface area contributed by atoms with E-state index in [0.717, 1.165) is 44.6 Å². The van der Waals surface area contributed by atoms with Crippen molar-refractivity contribution in [3.63, 3.8) is 0 Å². The Labute approximate surface area is 208 Å². The molecule has 1 saturated heterocycles. The van der Waals surface area contributed by atoms with Crippen LogP contribution in [0.15, 0.2) is 78.9 Å². The average Bonchev–Trinajstić information content (AvgIpc) is 3.22. The molecule has 180 valence electrons. The van der Waals surface area contributed by atoms with Gasteiger partial charge in [-0.25, -0.2) is 0 Å². The molecule has 0 atom stereocenters. The Morgan fingerprint density at radius 1 is 0.886 bits per heavy atom. The van der Waals surface area contributed by atoms with E-state index in [0.29, 0.717) is 6.54 Å². The average molecular weight is 466 g/mol. The third-order valence-corrected chi connectivity index (χ3v) is 7.42. The maximum Gasteiger partial charge on any atom is 0.223 e. The van der Waals surface area contributed by atoms with Gasteiger partial charge in [0.2, 0.25) is 5.91 Å². The molecule has 0 spiro atoms. The van der Waals surface area contributed by atoms with Gasteiger partial charge in [0, 0.05) is 36.8 Å². The van der Waals surface area contributed by atoms with E-state index in [9.17, 15) is 4.79 Å². The first kappa shape index (κ1) is 23.4. The lowest BCUT2D eigenvalue weighted by Crippen LogP contribution is -2.40. The highest BCUT2D eigenvalue weighted by Gasteiger charge is 2.25. The molecule has 4 aromatic rings. The second kappa shape index (κ2) is 10.5. The van der Waals surface area contributed by atoms with Crippen molar-refractivity contribution in [3.8, 4) is 0 Å². The second-order valence-corrected chi connectivity index (χ2v) is 9.96. The van der Waals surface area contributed by atoms with Gasteiger partial charge in [0.1, 0.15) is 0 Å². The molecule has 0 unspecified atom stereocenters. The molecule has 0 saturated carbocycles. The first-order chi connectivity index (χ1) is 17.1. The molecule has 1 amide bonds. The van der Waals surface area contributed by atoms with Crippen molar-refractivity contribution < 1.29 is 4.79 Å². The summed E-state index contributed by atoms with van der Waals surface area (Å²) >= 11 is 0. The number of carbonyl (C=O) groups excluding carboxylic acids is 1. The van der Waals surface area contributed by atoms with Gasteiger partial charge in [0.05, 0.1) is 0 Å². The molecule has 2 heterocycles. The number of likely N-dealkylation sites (tertiary alicyclic amines) is 1. The minimum Gasteiger partial charge on any atom is -0.352 e. The molecule has 35 heavy (non-hydrogen) atoms. The summed E-state index contributed by atoms with van der Waals surface area (Å²) in [5, 5.41) is 4.44. The van der Waals surface area contributed by atoms with Gasteiger partial charge in [-0.3, -0.25) is 9.69 Å². The molecular formula is C31H35N3O. The number of fused-ring (bicyclic) bond motifs is 1. The normalized spacial score (nSPS) is 14.9. The van der Waals surface area contributed by atoms with Gasteiger partial charge in [0.25, 0.3) is 0 Å². The van der Waals surface area contributed by atoms with Gasteiger partial charge in [-0.15, -0.1) is 0 Å². The lowest BCUT2D eigenvalue weighted by Gasteiger charge is -2.31. The summed E-state index contributed by atoms with van der Waals surface area (Å²) in [6.07, 6.45) is 1.83. The fourth-order valence-corrected chi connectivity index (χ4v) is 5.16.